The molecule has 0 aliphatic heterocycles. The number of hydrogen-bond donors (Lipinski definition) is 2. The summed E-state index contributed by atoms with van der Waals surface area (Å²) >= 11 is 1.30. The van der Waals surface area contributed by atoms with Crippen LogP contribution in [0.1, 0.15) is 69.9 Å². The van der Waals surface area contributed by atoms with Gasteiger partial charge in [0.05, 0.1) is 5.56 Å². The number of alkyl halides is 3. The van der Waals surface area contributed by atoms with Crippen LogP contribution in [0.3, 0.4) is 0 Å². The molecule has 2 amide bonds. The molecule has 10 heteroatoms. The van der Waals surface area contributed by atoms with E-state index in [-0.39, 0.29) is 12.3 Å². The maximum atomic E-state index is 13.2. The quantitative estimate of drug-likeness (QED) is 0.624. The van der Waals surface area contributed by atoms with Crippen LogP contribution in [0.4, 0.5) is 18.2 Å². The number of nitrogens with two attached hydrogens (primary N) is 1. The van der Waals surface area contributed by atoms with Crippen molar-refractivity contribution in [1.29, 1.82) is 0 Å². The standard InChI is InChI=1S/C20H25F3N4O2S/c1-11-12(2)30-19(16(11)18(24)29)25-15(28)9-5-6-10-27-14-8-4-3-7-13(14)17(26-27)20(21,22)23/h3-10H2,1-2H3,(H2,24,29)(H,25,28). The summed E-state index contributed by atoms with van der Waals surface area (Å²) in [5.41, 5.74) is 6.73. The number of fused-ring (bicyclic) bond motifs is 1. The molecule has 0 aromatic carbocycles. The summed E-state index contributed by atoms with van der Waals surface area (Å²) in [5, 5.41) is 7.01. The number of carbonyl (C=O) groups is 2. The van der Waals surface area contributed by atoms with E-state index in [1.54, 1.807) is 6.92 Å². The van der Waals surface area contributed by atoms with Gasteiger partial charge in [0.1, 0.15) is 5.00 Å². The first-order chi connectivity index (χ1) is 14.1. The van der Waals surface area contributed by atoms with Crippen LogP contribution in [0, 0.1) is 13.8 Å². The Hall–Kier alpha value is -2.36. The fourth-order valence-electron chi connectivity index (χ4n) is 3.83. The number of aromatic nitrogens is 2. The van der Waals surface area contributed by atoms with E-state index in [1.807, 2.05) is 6.92 Å². The highest BCUT2D eigenvalue weighted by Crippen LogP contribution is 2.36. The lowest BCUT2D eigenvalue weighted by molar-refractivity contribution is -0.142. The summed E-state index contributed by atoms with van der Waals surface area (Å²) in [6.07, 6.45) is -0.593. The van der Waals surface area contributed by atoms with Crippen molar-refractivity contribution in [1.82, 2.24) is 9.78 Å². The summed E-state index contributed by atoms with van der Waals surface area (Å²) in [6, 6.07) is 0. The van der Waals surface area contributed by atoms with Crippen molar-refractivity contribution in [2.45, 2.75) is 71.5 Å². The molecule has 0 bridgehead atoms. The second-order valence-corrected chi connectivity index (χ2v) is 8.78. The lowest BCUT2D eigenvalue weighted by Crippen LogP contribution is -2.17. The molecule has 6 nitrogen and oxygen atoms in total. The molecule has 30 heavy (non-hydrogen) atoms. The Morgan fingerprint density at radius 2 is 1.90 bits per heavy atom. The van der Waals surface area contributed by atoms with Crippen LogP contribution in [0.5, 0.6) is 0 Å². The van der Waals surface area contributed by atoms with Gasteiger partial charge in [-0.1, -0.05) is 0 Å². The van der Waals surface area contributed by atoms with Crippen molar-refractivity contribution in [2.75, 3.05) is 5.32 Å². The van der Waals surface area contributed by atoms with E-state index in [0.717, 1.165) is 23.3 Å². The van der Waals surface area contributed by atoms with Crippen molar-refractivity contribution in [3.8, 4) is 0 Å². The van der Waals surface area contributed by atoms with Crippen LogP contribution >= 0.6 is 11.3 Å². The van der Waals surface area contributed by atoms with Crippen LogP contribution < -0.4 is 11.1 Å². The minimum absolute atomic E-state index is 0.198. The Balaban J connectivity index is 1.57. The number of nitrogens with zero attached hydrogens (tertiary/aromatic N) is 2. The molecular formula is C20H25F3N4O2S. The van der Waals surface area contributed by atoms with Crippen molar-refractivity contribution in [3.05, 3.63) is 33.0 Å². The third-order valence-electron chi connectivity index (χ3n) is 5.43. The van der Waals surface area contributed by atoms with Gasteiger partial charge in [0.2, 0.25) is 5.91 Å². The van der Waals surface area contributed by atoms with Gasteiger partial charge in [0.15, 0.2) is 5.69 Å². The highest BCUT2D eigenvalue weighted by molar-refractivity contribution is 7.16. The first-order valence-electron chi connectivity index (χ1n) is 9.95. The average Bonchev–Trinajstić information content (AvgIpc) is 3.16. The summed E-state index contributed by atoms with van der Waals surface area (Å²) < 4.78 is 41.2. The molecule has 0 fully saturated rings. The highest BCUT2D eigenvalue weighted by Gasteiger charge is 2.39. The number of carbonyl (C=O) groups excluding carboxylic acids is 2. The molecule has 1 aliphatic carbocycles. The first kappa shape index (κ1) is 22.3. The molecule has 0 atom stereocenters. The summed E-state index contributed by atoms with van der Waals surface area (Å²) in [7, 11) is 0. The van der Waals surface area contributed by atoms with Crippen LogP contribution in [-0.4, -0.2) is 21.6 Å². The maximum absolute atomic E-state index is 13.2. The van der Waals surface area contributed by atoms with Crippen molar-refractivity contribution < 1.29 is 22.8 Å². The zero-order chi connectivity index (χ0) is 22.1. The molecule has 2 aromatic rings. The monoisotopic (exact) mass is 442 g/mol. The molecule has 164 valence electrons. The third kappa shape index (κ3) is 4.69. The number of primary amides is 1. The molecule has 0 saturated carbocycles. The van der Waals surface area contributed by atoms with Gasteiger partial charge in [-0.05, 0) is 57.9 Å². The largest absolute Gasteiger partial charge is 0.435 e. The Labute approximate surface area is 176 Å². The second-order valence-electron chi connectivity index (χ2n) is 7.56. The topological polar surface area (TPSA) is 90.0 Å². The summed E-state index contributed by atoms with van der Waals surface area (Å²) in [5.74, 6) is -0.840. The van der Waals surface area contributed by atoms with Gasteiger partial charge in [-0.15, -0.1) is 11.3 Å². The molecule has 0 unspecified atom stereocenters. The zero-order valence-electron chi connectivity index (χ0n) is 17.0. The fourth-order valence-corrected chi connectivity index (χ4v) is 4.91. The SMILES string of the molecule is Cc1sc(NC(=O)CCCCn2nc(C(F)(F)F)c3c2CCCC3)c(C(N)=O)c1C. The molecular weight excluding hydrogens is 417 g/mol. The lowest BCUT2D eigenvalue weighted by atomic mass is 9.95. The smallest absolute Gasteiger partial charge is 0.365 e. The predicted molar refractivity (Wildman–Crippen MR) is 109 cm³/mol. The second kappa shape index (κ2) is 8.79. The Morgan fingerprint density at radius 3 is 2.57 bits per heavy atom. The van der Waals surface area contributed by atoms with Gasteiger partial charge >= 0.3 is 6.18 Å². The van der Waals surface area contributed by atoms with Gasteiger partial charge in [-0.25, -0.2) is 0 Å². The van der Waals surface area contributed by atoms with Gasteiger partial charge < -0.3 is 11.1 Å². The molecule has 0 radical (unpaired) electrons. The molecule has 0 spiro atoms. The van der Waals surface area contributed by atoms with Crippen molar-refractivity contribution >= 4 is 28.2 Å². The van der Waals surface area contributed by atoms with Crippen LogP contribution in [0.25, 0.3) is 0 Å². The number of thiophene rings is 1. The Kier molecular flexibility index (Phi) is 6.54. The number of rotatable bonds is 7. The minimum Gasteiger partial charge on any atom is -0.365 e. The van der Waals surface area contributed by atoms with Crippen molar-refractivity contribution in [2.24, 2.45) is 5.73 Å². The molecule has 2 heterocycles. The molecule has 1 aliphatic rings. The van der Waals surface area contributed by atoms with E-state index >= 15 is 0 Å². The predicted octanol–water partition coefficient (Wildman–Crippen LogP) is 4.37. The number of aryl methyl sites for hydroxylation is 2. The van der Waals surface area contributed by atoms with Crippen LogP contribution in [-0.2, 0) is 30.4 Å². The van der Waals surface area contributed by atoms with E-state index in [9.17, 15) is 22.8 Å². The molecule has 0 saturated heterocycles. The van der Waals surface area contributed by atoms with E-state index in [2.05, 4.69) is 10.4 Å². The van der Waals surface area contributed by atoms with Crippen LogP contribution in [0.15, 0.2) is 0 Å². The van der Waals surface area contributed by atoms with Crippen LogP contribution in [0.2, 0.25) is 0 Å². The van der Waals surface area contributed by atoms with Gasteiger partial charge in [0.25, 0.3) is 5.91 Å². The zero-order valence-corrected chi connectivity index (χ0v) is 17.8. The number of halogens is 3. The van der Waals surface area contributed by atoms with Gasteiger partial charge in [-0.3, -0.25) is 14.3 Å². The number of amides is 2. The number of hydrogen-bond acceptors (Lipinski definition) is 4. The lowest BCUT2D eigenvalue weighted by Gasteiger charge is -2.14. The molecule has 2 aromatic heterocycles. The maximum Gasteiger partial charge on any atom is 0.435 e. The van der Waals surface area contributed by atoms with E-state index in [0.29, 0.717) is 54.0 Å². The molecule has 3 rings (SSSR count). The highest BCUT2D eigenvalue weighted by atomic mass is 32.1. The van der Waals surface area contributed by atoms with E-state index in [4.69, 9.17) is 5.73 Å². The number of unbranched alkanes of at least 4 members (excludes halogenated alkanes) is 1. The van der Waals surface area contributed by atoms with Gasteiger partial charge in [-0.2, -0.15) is 18.3 Å². The Morgan fingerprint density at radius 1 is 1.20 bits per heavy atom. The fraction of sp³-hybridized carbons (Fsp3) is 0.550. The Bertz CT molecular complexity index is 962. The molecule has 3 N–H and O–H groups in total. The third-order valence-corrected chi connectivity index (χ3v) is 6.56. The number of nitrogens with one attached hydrogen (secondary N) is 1. The van der Waals surface area contributed by atoms with Gasteiger partial charge in [0, 0.05) is 29.1 Å². The van der Waals surface area contributed by atoms with Crippen molar-refractivity contribution in [3.63, 3.8) is 0 Å². The van der Waals surface area contributed by atoms with E-state index in [1.165, 1.54) is 16.0 Å². The minimum atomic E-state index is -4.44. The summed E-state index contributed by atoms with van der Waals surface area (Å²) in [6.45, 7) is 3.97. The normalized spacial score (nSPS) is 13.9. The van der Waals surface area contributed by atoms with E-state index < -0.39 is 17.8 Å². The number of anilines is 1. The summed E-state index contributed by atoms with van der Waals surface area (Å²) in [4.78, 5) is 24.8. The average molecular weight is 443 g/mol. The first-order valence-corrected chi connectivity index (χ1v) is 10.8.